The van der Waals surface area contributed by atoms with Crippen molar-refractivity contribution in [3.63, 3.8) is 0 Å². The molecule has 0 amide bonds. The van der Waals surface area contributed by atoms with Crippen LogP contribution in [0.4, 0.5) is 0 Å². The lowest BCUT2D eigenvalue weighted by Gasteiger charge is -2.33. The number of rotatable bonds is 1. The third-order valence-electron chi connectivity index (χ3n) is 5.81. The maximum atomic E-state index is 12.6. The summed E-state index contributed by atoms with van der Waals surface area (Å²) < 4.78 is 11.2. The molecule has 0 aromatic rings. The normalized spacial score (nSPS) is 37.1. The first kappa shape index (κ1) is 21.4. The van der Waals surface area contributed by atoms with E-state index < -0.39 is 23.8 Å². The first-order chi connectivity index (χ1) is 12.6. The number of carbonyl (C=O) groups excluding carboxylic acids is 2. The number of ether oxygens (including phenoxy) is 2. The zero-order valence-corrected chi connectivity index (χ0v) is 16.9. The molecule has 0 aromatic heterocycles. The molecule has 2 aliphatic rings. The summed E-state index contributed by atoms with van der Waals surface area (Å²) in [7, 11) is 0. The Bertz CT molecular complexity index is 660. The van der Waals surface area contributed by atoms with Crippen molar-refractivity contribution in [2.24, 2.45) is 5.92 Å². The van der Waals surface area contributed by atoms with Crippen LogP contribution in [0.25, 0.3) is 0 Å². The third kappa shape index (κ3) is 5.55. The number of carbonyl (C=O) groups is 2. The van der Waals surface area contributed by atoms with Gasteiger partial charge in [-0.1, -0.05) is 24.3 Å². The number of esters is 2. The molecule has 27 heavy (non-hydrogen) atoms. The standard InChI is InChI=1S/C22H32O5/c1-14-7-6-8-15(2)19(26-17(4)23)13-18-11-12-22(5,20(24)10-9-14)27-21(25)16(18)3/h7-8,18-20,24H,3,6,9-13H2,1-2,4-5H3/b14-7-,15-8-/t18-,19+,20+,22-/m0/s1. The fourth-order valence-electron chi connectivity index (χ4n) is 3.76. The molecule has 0 saturated carbocycles. The molecule has 0 radical (unpaired) electrons. The van der Waals surface area contributed by atoms with Crippen molar-refractivity contribution < 1.29 is 24.2 Å². The second-order valence-electron chi connectivity index (χ2n) is 8.09. The summed E-state index contributed by atoms with van der Waals surface area (Å²) in [6.45, 7) is 11.1. The van der Waals surface area contributed by atoms with Gasteiger partial charge in [-0.3, -0.25) is 4.79 Å². The lowest BCUT2D eigenvalue weighted by molar-refractivity contribution is -0.165. The Morgan fingerprint density at radius 3 is 2.70 bits per heavy atom. The minimum atomic E-state index is -0.930. The highest BCUT2D eigenvalue weighted by Crippen LogP contribution is 2.37. The third-order valence-corrected chi connectivity index (χ3v) is 5.81. The molecule has 1 aliphatic carbocycles. The van der Waals surface area contributed by atoms with Gasteiger partial charge in [0.25, 0.3) is 0 Å². The Hall–Kier alpha value is -1.88. The molecular formula is C22H32O5. The summed E-state index contributed by atoms with van der Waals surface area (Å²) in [5.74, 6) is -0.966. The lowest BCUT2D eigenvalue weighted by atomic mass is 9.83. The van der Waals surface area contributed by atoms with E-state index in [2.05, 4.69) is 18.7 Å². The van der Waals surface area contributed by atoms with Crippen LogP contribution in [0.3, 0.4) is 0 Å². The van der Waals surface area contributed by atoms with Crippen LogP contribution >= 0.6 is 0 Å². The van der Waals surface area contributed by atoms with Gasteiger partial charge in [0.1, 0.15) is 11.7 Å². The largest absolute Gasteiger partial charge is 0.458 e. The summed E-state index contributed by atoms with van der Waals surface area (Å²) in [4.78, 5) is 24.2. The van der Waals surface area contributed by atoms with Crippen molar-refractivity contribution in [1.82, 2.24) is 0 Å². The summed E-state index contributed by atoms with van der Waals surface area (Å²) in [5, 5.41) is 10.7. The number of hydrogen-bond acceptors (Lipinski definition) is 5. The van der Waals surface area contributed by atoms with E-state index in [1.54, 1.807) is 6.92 Å². The van der Waals surface area contributed by atoms with E-state index in [0.29, 0.717) is 31.3 Å². The zero-order chi connectivity index (χ0) is 20.2. The number of aliphatic hydroxyl groups is 1. The van der Waals surface area contributed by atoms with Crippen LogP contribution in [0.5, 0.6) is 0 Å². The van der Waals surface area contributed by atoms with Crippen LogP contribution in [-0.4, -0.2) is 34.9 Å². The van der Waals surface area contributed by atoms with E-state index in [1.807, 2.05) is 13.8 Å². The van der Waals surface area contributed by atoms with Gasteiger partial charge in [0, 0.05) is 12.5 Å². The molecular weight excluding hydrogens is 344 g/mol. The van der Waals surface area contributed by atoms with E-state index in [0.717, 1.165) is 18.4 Å². The predicted molar refractivity (Wildman–Crippen MR) is 104 cm³/mol. The smallest absolute Gasteiger partial charge is 0.334 e. The Morgan fingerprint density at radius 1 is 1.33 bits per heavy atom. The van der Waals surface area contributed by atoms with Gasteiger partial charge < -0.3 is 14.6 Å². The lowest BCUT2D eigenvalue weighted by Crippen LogP contribution is -2.43. The average Bonchev–Trinajstić information content (AvgIpc) is 2.70. The van der Waals surface area contributed by atoms with Gasteiger partial charge in [-0.2, -0.15) is 0 Å². The molecule has 0 spiro atoms. The maximum absolute atomic E-state index is 12.6. The monoisotopic (exact) mass is 376 g/mol. The number of aliphatic hydroxyl groups excluding tert-OH is 1. The number of hydrogen-bond donors (Lipinski definition) is 1. The fraction of sp³-hybridized carbons (Fsp3) is 0.636. The highest BCUT2D eigenvalue weighted by molar-refractivity contribution is 5.89. The van der Waals surface area contributed by atoms with Gasteiger partial charge in [0.05, 0.1) is 6.10 Å². The van der Waals surface area contributed by atoms with Crippen molar-refractivity contribution >= 4 is 11.9 Å². The quantitative estimate of drug-likeness (QED) is 0.425. The molecule has 4 atom stereocenters. The highest BCUT2D eigenvalue weighted by atomic mass is 16.6. The van der Waals surface area contributed by atoms with E-state index in [1.165, 1.54) is 12.5 Å². The van der Waals surface area contributed by atoms with Gasteiger partial charge in [-0.25, -0.2) is 4.79 Å². The molecule has 5 nitrogen and oxygen atoms in total. The molecule has 1 heterocycles. The van der Waals surface area contributed by atoms with Gasteiger partial charge in [-0.05, 0) is 70.8 Å². The Morgan fingerprint density at radius 2 is 2.04 bits per heavy atom. The molecule has 1 fully saturated rings. The van der Waals surface area contributed by atoms with E-state index in [9.17, 15) is 14.7 Å². The fourth-order valence-corrected chi connectivity index (χ4v) is 3.76. The molecule has 0 aromatic carbocycles. The van der Waals surface area contributed by atoms with Crippen molar-refractivity contribution in [2.75, 3.05) is 0 Å². The molecule has 5 heteroatoms. The van der Waals surface area contributed by atoms with E-state index in [-0.39, 0.29) is 11.9 Å². The second kappa shape index (κ2) is 8.87. The molecule has 0 unspecified atom stereocenters. The minimum absolute atomic E-state index is 0.153. The highest BCUT2D eigenvalue weighted by Gasteiger charge is 2.42. The van der Waals surface area contributed by atoms with Crippen LogP contribution in [0.15, 0.2) is 35.5 Å². The SMILES string of the molecule is C=C1C(=O)O[C@@]2(C)CC[C@H]1C[C@@H](OC(C)=O)/C(C)=C\C/C=C(/C)CC[C@H]2O. The summed E-state index contributed by atoms with van der Waals surface area (Å²) in [6, 6.07) is 0. The van der Waals surface area contributed by atoms with E-state index in [4.69, 9.17) is 9.47 Å². The summed E-state index contributed by atoms with van der Waals surface area (Å²) in [5.41, 5.74) is 1.60. The van der Waals surface area contributed by atoms with Crippen LogP contribution in [-0.2, 0) is 19.1 Å². The van der Waals surface area contributed by atoms with Crippen LogP contribution in [0.2, 0.25) is 0 Å². The summed E-state index contributed by atoms with van der Waals surface area (Å²) >= 11 is 0. The minimum Gasteiger partial charge on any atom is -0.458 e. The van der Waals surface area contributed by atoms with Crippen molar-refractivity contribution in [3.8, 4) is 0 Å². The summed E-state index contributed by atoms with van der Waals surface area (Å²) in [6.07, 6.45) is 6.74. The molecule has 1 saturated heterocycles. The van der Waals surface area contributed by atoms with Crippen LogP contribution in [0.1, 0.15) is 66.2 Å². The number of allylic oxidation sites excluding steroid dienone is 3. The van der Waals surface area contributed by atoms with Gasteiger partial charge in [0.2, 0.25) is 0 Å². The molecule has 2 bridgehead atoms. The molecule has 1 N–H and O–H groups in total. The zero-order valence-electron chi connectivity index (χ0n) is 16.9. The van der Waals surface area contributed by atoms with Crippen LogP contribution in [0, 0.1) is 5.92 Å². The Kier molecular flexibility index (Phi) is 7.04. The van der Waals surface area contributed by atoms with Crippen molar-refractivity contribution in [1.29, 1.82) is 0 Å². The molecule has 1 aliphatic heterocycles. The Labute approximate surface area is 162 Å². The number of fused-ring (bicyclic) bond motifs is 3. The van der Waals surface area contributed by atoms with Crippen LogP contribution < -0.4 is 0 Å². The van der Waals surface area contributed by atoms with Gasteiger partial charge in [0.15, 0.2) is 0 Å². The first-order valence-electron chi connectivity index (χ1n) is 9.72. The average molecular weight is 376 g/mol. The first-order valence-corrected chi connectivity index (χ1v) is 9.72. The van der Waals surface area contributed by atoms with Gasteiger partial charge >= 0.3 is 11.9 Å². The van der Waals surface area contributed by atoms with E-state index >= 15 is 0 Å². The predicted octanol–water partition coefficient (Wildman–Crippen LogP) is 4.01. The van der Waals surface area contributed by atoms with Gasteiger partial charge in [-0.15, -0.1) is 0 Å². The van der Waals surface area contributed by atoms with Crippen molar-refractivity contribution in [2.45, 2.75) is 84.0 Å². The molecule has 2 rings (SSSR count). The molecule has 150 valence electrons. The topological polar surface area (TPSA) is 72.8 Å². The maximum Gasteiger partial charge on any atom is 0.334 e. The van der Waals surface area contributed by atoms with Crippen molar-refractivity contribution in [3.05, 3.63) is 35.5 Å². The Balaban J connectivity index is 2.39. The second-order valence-corrected chi connectivity index (χ2v) is 8.09.